The Labute approximate surface area is 182 Å². The van der Waals surface area contributed by atoms with Gasteiger partial charge in [-0.2, -0.15) is 5.10 Å². The number of halogens is 1. The van der Waals surface area contributed by atoms with Gasteiger partial charge >= 0.3 is 0 Å². The molecule has 0 radical (unpaired) electrons. The van der Waals surface area contributed by atoms with Gasteiger partial charge in [-0.3, -0.25) is 4.79 Å². The van der Waals surface area contributed by atoms with Crippen LogP contribution in [0.1, 0.15) is 30.3 Å². The van der Waals surface area contributed by atoms with Crippen LogP contribution < -0.4 is 10.2 Å². The summed E-state index contributed by atoms with van der Waals surface area (Å²) in [4.78, 5) is 15.1. The fourth-order valence-corrected chi connectivity index (χ4v) is 4.18. The van der Waals surface area contributed by atoms with E-state index in [4.69, 9.17) is 11.6 Å². The molecule has 0 spiro atoms. The second kappa shape index (κ2) is 8.52. The van der Waals surface area contributed by atoms with Gasteiger partial charge in [0.15, 0.2) is 0 Å². The second-order valence-electron chi connectivity index (χ2n) is 8.15. The molecular formula is C24H27ClN4O. The van der Waals surface area contributed by atoms with Gasteiger partial charge in [0.05, 0.1) is 17.8 Å². The average Bonchev–Trinajstić information content (AvgIpc) is 3.28. The van der Waals surface area contributed by atoms with E-state index in [1.165, 1.54) is 12.1 Å². The summed E-state index contributed by atoms with van der Waals surface area (Å²) in [5, 5.41) is 8.32. The maximum absolute atomic E-state index is 12.7. The lowest BCUT2D eigenvalue weighted by Crippen LogP contribution is -2.19. The number of rotatable bonds is 5. The van der Waals surface area contributed by atoms with E-state index in [2.05, 4.69) is 34.4 Å². The van der Waals surface area contributed by atoms with Gasteiger partial charge in [-0.1, -0.05) is 18.5 Å². The number of nitrogens with one attached hydrogen (secondary N) is 1. The van der Waals surface area contributed by atoms with Crippen LogP contribution in [0.2, 0.25) is 5.02 Å². The number of anilines is 2. The first-order valence-corrected chi connectivity index (χ1v) is 10.7. The molecule has 1 amide bonds. The number of hydrogen-bond donors (Lipinski definition) is 1. The van der Waals surface area contributed by atoms with Crippen LogP contribution >= 0.6 is 11.6 Å². The molecule has 0 bridgehead atoms. The van der Waals surface area contributed by atoms with E-state index in [0.29, 0.717) is 5.02 Å². The molecule has 1 fully saturated rings. The van der Waals surface area contributed by atoms with Crippen LogP contribution in [0, 0.1) is 19.8 Å². The van der Waals surface area contributed by atoms with Crippen molar-refractivity contribution in [1.82, 2.24) is 9.78 Å². The predicted octanol–water partition coefficient (Wildman–Crippen LogP) is 5.17. The normalized spacial score (nSPS) is 16.1. The lowest BCUT2D eigenvalue weighted by Gasteiger charge is -2.18. The van der Waals surface area contributed by atoms with Gasteiger partial charge in [-0.15, -0.1) is 0 Å². The van der Waals surface area contributed by atoms with Gasteiger partial charge in [-0.25, -0.2) is 4.68 Å². The first-order chi connectivity index (χ1) is 14.4. The van der Waals surface area contributed by atoms with Crippen molar-refractivity contribution in [3.05, 3.63) is 70.5 Å². The number of aryl methyl sites for hydroxylation is 1. The number of amides is 1. The number of benzene rings is 2. The molecule has 1 aromatic heterocycles. The van der Waals surface area contributed by atoms with Crippen LogP contribution in [0.5, 0.6) is 0 Å². The molecule has 1 unspecified atom stereocenters. The van der Waals surface area contributed by atoms with E-state index in [9.17, 15) is 4.79 Å². The Morgan fingerprint density at radius 2 is 1.77 bits per heavy atom. The van der Waals surface area contributed by atoms with Crippen molar-refractivity contribution in [2.24, 2.45) is 5.92 Å². The van der Waals surface area contributed by atoms with E-state index in [1.54, 1.807) is 0 Å². The minimum Gasteiger partial charge on any atom is -0.371 e. The van der Waals surface area contributed by atoms with Crippen LogP contribution in [-0.4, -0.2) is 28.8 Å². The molecule has 1 saturated heterocycles. The third-order valence-corrected chi connectivity index (χ3v) is 6.04. The zero-order chi connectivity index (χ0) is 21.3. The second-order valence-corrected chi connectivity index (χ2v) is 8.59. The monoisotopic (exact) mass is 422 g/mol. The fourth-order valence-electron chi connectivity index (χ4n) is 4.06. The van der Waals surface area contributed by atoms with Gasteiger partial charge < -0.3 is 10.2 Å². The zero-order valence-corrected chi connectivity index (χ0v) is 18.4. The Balaban J connectivity index is 1.43. The molecule has 0 saturated carbocycles. The number of hydrogen-bond acceptors (Lipinski definition) is 3. The molecular weight excluding hydrogens is 396 g/mol. The minimum atomic E-state index is -0.0422. The summed E-state index contributed by atoms with van der Waals surface area (Å²) in [5.74, 6) is 0.698. The molecule has 1 aliphatic rings. The van der Waals surface area contributed by atoms with Crippen molar-refractivity contribution in [3.8, 4) is 5.69 Å². The van der Waals surface area contributed by atoms with Gasteiger partial charge in [-0.05, 0) is 74.7 Å². The summed E-state index contributed by atoms with van der Waals surface area (Å²) in [6, 6.07) is 15.7. The standard InChI is InChI=1S/C24H27ClN4O/c1-16-12-13-28(15-16)21-10-6-20(7-11-21)26-24(30)14-23-17(2)27-29(18(23)3)22-8-4-19(25)5-9-22/h4-11,16H,12-15H2,1-3H3,(H,26,30). The molecule has 3 aromatic rings. The van der Waals surface area contributed by atoms with Crippen molar-refractivity contribution >= 4 is 28.9 Å². The van der Waals surface area contributed by atoms with Crippen LogP contribution in [-0.2, 0) is 11.2 Å². The summed E-state index contributed by atoms with van der Waals surface area (Å²) in [7, 11) is 0. The van der Waals surface area contributed by atoms with Gasteiger partial charge in [0, 0.05) is 40.7 Å². The summed E-state index contributed by atoms with van der Waals surface area (Å²) >= 11 is 5.99. The van der Waals surface area contributed by atoms with Gasteiger partial charge in [0.2, 0.25) is 5.91 Å². The summed E-state index contributed by atoms with van der Waals surface area (Å²) in [5.41, 5.74) is 5.73. The summed E-state index contributed by atoms with van der Waals surface area (Å²) in [6.45, 7) is 8.41. The first-order valence-electron chi connectivity index (χ1n) is 10.4. The Hall–Kier alpha value is -2.79. The highest BCUT2D eigenvalue weighted by molar-refractivity contribution is 6.30. The molecule has 156 valence electrons. The third kappa shape index (κ3) is 4.36. The van der Waals surface area contributed by atoms with Crippen LogP contribution in [0.3, 0.4) is 0 Å². The van der Waals surface area contributed by atoms with Crippen LogP contribution in [0.25, 0.3) is 5.69 Å². The summed E-state index contributed by atoms with van der Waals surface area (Å²) < 4.78 is 1.86. The number of carbonyl (C=O) groups excluding carboxylic acids is 1. The fraction of sp³-hybridized carbons (Fsp3) is 0.333. The first kappa shape index (κ1) is 20.5. The average molecular weight is 423 g/mol. The van der Waals surface area contributed by atoms with Gasteiger partial charge in [0.25, 0.3) is 0 Å². The van der Waals surface area contributed by atoms with E-state index in [0.717, 1.165) is 47.3 Å². The molecule has 1 N–H and O–H groups in total. The molecule has 6 heteroatoms. The Morgan fingerprint density at radius 3 is 2.40 bits per heavy atom. The lowest BCUT2D eigenvalue weighted by molar-refractivity contribution is -0.115. The maximum Gasteiger partial charge on any atom is 0.228 e. The lowest BCUT2D eigenvalue weighted by atomic mass is 10.1. The SMILES string of the molecule is Cc1nn(-c2ccc(Cl)cc2)c(C)c1CC(=O)Nc1ccc(N2CCC(C)C2)cc1. The Bertz CT molecular complexity index is 1040. The van der Waals surface area contributed by atoms with Crippen LogP contribution in [0.4, 0.5) is 11.4 Å². The Morgan fingerprint density at radius 1 is 1.10 bits per heavy atom. The van der Waals surface area contributed by atoms with Crippen LogP contribution in [0.15, 0.2) is 48.5 Å². The highest BCUT2D eigenvalue weighted by Gasteiger charge is 2.19. The molecule has 1 atom stereocenters. The third-order valence-electron chi connectivity index (χ3n) is 5.79. The number of carbonyl (C=O) groups is 1. The zero-order valence-electron chi connectivity index (χ0n) is 17.7. The Kier molecular flexibility index (Phi) is 5.82. The van der Waals surface area contributed by atoms with E-state index in [1.807, 2.05) is 54.9 Å². The molecule has 2 aromatic carbocycles. The maximum atomic E-state index is 12.7. The van der Waals surface area contributed by atoms with Crippen molar-refractivity contribution in [2.75, 3.05) is 23.3 Å². The number of aromatic nitrogens is 2. The largest absolute Gasteiger partial charge is 0.371 e. The van der Waals surface area contributed by atoms with E-state index in [-0.39, 0.29) is 12.3 Å². The molecule has 30 heavy (non-hydrogen) atoms. The summed E-state index contributed by atoms with van der Waals surface area (Å²) in [6.07, 6.45) is 1.53. The minimum absolute atomic E-state index is 0.0422. The predicted molar refractivity (Wildman–Crippen MR) is 123 cm³/mol. The molecule has 1 aliphatic heterocycles. The highest BCUT2D eigenvalue weighted by atomic mass is 35.5. The van der Waals surface area contributed by atoms with E-state index < -0.39 is 0 Å². The molecule has 5 nitrogen and oxygen atoms in total. The van der Waals surface area contributed by atoms with Crippen molar-refractivity contribution in [1.29, 1.82) is 0 Å². The van der Waals surface area contributed by atoms with Crippen molar-refractivity contribution < 1.29 is 4.79 Å². The highest BCUT2D eigenvalue weighted by Crippen LogP contribution is 2.25. The quantitative estimate of drug-likeness (QED) is 0.617. The van der Waals surface area contributed by atoms with E-state index >= 15 is 0 Å². The molecule has 4 rings (SSSR count). The topological polar surface area (TPSA) is 50.2 Å². The van der Waals surface area contributed by atoms with Crippen molar-refractivity contribution in [2.45, 2.75) is 33.6 Å². The smallest absolute Gasteiger partial charge is 0.228 e. The number of nitrogens with zero attached hydrogens (tertiary/aromatic N) is 3. The van der Waals surface area contributed by atoms with Crippen molar-refractivity contribution in [3.63, 3.8) is 0 Å². The molecule has 2 heterocycles. The van der Waals surface area contributed by atoms with Gasteiger partial charge in [0.1, 0.15) is 0 Å². The molecule has 0 aliphatic carbocycles.